The van der Waals surface area contributed by atoms with Crippen LogP contribution in [0.5, 0.6) is 0 Å². The van der Waals surface area contributed by atoms with Gasteiger partial charge in [0.1, 0.15) is 0 Å². The highest BCUT2D eigenvalue weighted by atomic mass is 14.8. The molecule has 2 heteroatoms. The maximum Gasteiger partial charge on any atom is 0.0660 e. The van der Waals surface area contributed by atoms with Crippen LogP contribution in [-0.2, 0) is 0 Å². The molecule has 0 saturated heterocycles. The Bertz CT molecular complexity index is 670. The van der Waals surface area contributed by atoms with Gasteiger partial charge in [-0.25, -0.2) is 0 Å². The molecule has 4 bridgehead atoms. The van der Waals surface area contributed by atoms with Crippen molar-refractivity contribution in [3.05, 3.63) is 34.6 Å². The van der Waals surface area contributed by atoms with E-state index in [0.717, 1.165) is 23.7 Å². The second-order valence-electron chi connectivity index (χ2n) is 8.16. The first kappa shape index (κ1) is 12.0. The van der Waals surface area contributed by atoms with Gasteiger partial charge in [0.2, 0.25) is 0 Å². The molecular formula is C20H24N2. The molecule has 6 aliphatic carbocycles. The van der Waals surface area contributed by atoms with Gasteiger partial charge in [-0.2, -0.15) is 0 Å². The highest BCUT2D eigenvalue weighted by Gasteiger charge is 2.39. The third kappa shape index (κ3) is 1.37. The lowest BCUT2D eigenvalue weighted by atomic mass is 9.66. The van der Waals surface area contributed by atoms with E-state index in [2.05, 4.69) is 22.4 Å². The minimum atomic E-state index is 0.820. The van der Waals surface area contributed by atoms with Gasteiger partial charge in [-0.3, -0.25) is 0 Å². The topological polar surface area (TPSA) is 31.6 Å². The lowest BCUT2D eigenvalue weighted by Gasteiger charge is -2.38. The van der Waals surface area contributed by atoms with Crippen molar-refractivity contribution in [3.8, 4) is 11.4 Å². The van der Waals surface area contributed by atoms with E-state index in [0.29, 0.717) is 0 Å². The van der Waals surface area contributed by atoms with E-state index in [1.807, 2.05) is 0 Å². The molecule has 0 atom stereocenters. The fraction of sp³-hybridized carbons (Fsp3) is 0.600. The van der Waals surface area contributed by atoms with E-state index in [1.54, 1.807) is 22.3 Å². The van der Waals surface area contributed by atoms with Crippen molar-refractivity contribution in [2.45, 2.75) is 75.0 Å². The van der Waals surface area contributed by atoms with E-state index >= 15 is 0 Å². The third-order valence-electron chi connectivity index (χ3n) is 7.31. The molecule has 22 heavy (non-hydrogen) atoms. The molecule has 2 aromatic heterocycles. The molecule has 0 radical (unpaired) electrons. The predicted molar refractivity (Wildman–Crippen MR) is 88.5 cm³/mol. The Morgan fingerprint density at radius 2 is 0.909 bits per heavy atom. The van der Waals surface area contributed by atoms with Crippen LogP contribution in [0.25, 0.3) is 11.4 Å². The first-order valence-corrected chi connectivity index (χ1v) is 9.33. The summed E-state index contributed by atoms with van der Waals surface area (Å²) in [5, 5.41) is 0. The molecule has 2 fully saturated rings. The van der Waals surface area contributed by atoms with Crippen LogP contribution in [-0.4, -0.2) is 9.97 Å². The number of aromatic amines is 2. The van der Waals surface area contributed by atoms with Gasteiger partial charge in [0.05, 0.1) is 11.4 Å². The highest BCUT2D eigenvalue weighted by Crippen LogP contribution is 2.56. The summed E-state index contributed by atoms with van der Waals surface area (Å²) in [5.74, 6) is 3.32. The van der Waals surface area contributed by atoms with Gasteiger partial charge in [0.15, 0.2) is 0 Å². The molecule has 2 nitrogen and oxygen atoms in total. The van der Waals surface area contributed by atoms with Gasteiger partial charge in [0.25, 0.3) is 0 Å². The number of fused-ring (bicyclic) bond motifs is 4. The monoisotopic (exact) mass is 292 g/mol. The largest absolute Gasteiger partial charge is 0.359 e. The standard InChI is InChI=1S/C20H24N2/c1-5-13-6-2-11(1)15-9-21-19(17(13)15)20-18-14-7-3-12(4-8-14)16(18)10-22-20/h9-14,21-22H,1-8H2. The second-order valence-corrected chi connectivity index (χ2v) is 8.16. The van der Waals surface area contributed by atoms with Gasteiger partial charge in [-0.05, 0) is 97.3 Å². The van der Waals surface area contributed by atoms with Crippen molar-refractivity contribution in [2.24, 2.45) is 0 Å². The summed E-state index contributed by atoms with van der Waals surface area (Å²) < 4.78 is 0. The van der Waals surface area contributed by atoms with Gasteiger partial charge >= 0.3 is 0 Å². The van der Waals surface area contributed by atoms with Gasteiger partial charge < -0.3 is 9.97 Å². The summed E-state index contributed by atoms with van der Waals surface area (Å²) in [5.41, 5.74) is 9.60. The first-order valence-electron chi connectivity index (χ1n) is 9.33. The van der Waals surface area contributed by atoms with Crippen molar-refractivity contribution >= 4 is 0 Å². The van der Waals surface area contributed by atoms with E-state index in [9.17, 15) is 0 Å². The normalized spacial score (nSPS) is 34.7. The Hall–Kier alpha value is -1.44. The predicted octanol–water partition coefficient (Wildman–Crippen LogP) is 5.52. The summed E-state index contributed by atoms with van der Waals surface area (Å²) in [6.45, 7) is 0. The number of aromatic nitrogens is 2. The minimum Gasteiger partial charge on any atom is -0.359 e. The molecule has 2 saturated carbocycles. The minimum absolute atomic E-state index is 0.820. The lowest BCUT2D eigenvalue weighted by Crippen LogP contribution is -2.22. The number of rotatable bonds is 1. The number of hydrogen-bond donors (Lipinski definition) is 2. The van der Waals surface area contributed by atoms with Gasteiger partial charge in [0, 0.05) is 12.4 Å². The van der Waals surface area contributed by atoms with Crippen LogP contribution >= 0.6 is 0 Å². The fourth-order valence-corrected chi connectivity index (χ4v) is 6.25. The van der Waals surface area contributed by atoms with Crippen molar-refractivity contribution < 1.29 is 0 Å². The smallest absolute Gasteiger partial charge is 0.0660 e. The number of hydrogen-bond acceptors (Lipinski definition) is 0. The Kier molecular flexibility index (Phi) is 2.24. The molecule has 0 spiro atoms. The molecule has 2 heterocycles. The Morgan fingerprint density at radius 3 is 1.32 bits per heavy atom. The average molecular weight is 292 g/mol. The number of H-pyrrole nitrogens is 2. The molecule has 2 N–H and O–H groups in total. The molecule has 0 amide bonds. The zero-order chi connectivity index (χ0) is 14.3. The van der Waals surface area contributed by atoms with Crippen LogP contribution in [0.15, 0.2) is 12.4 Å². The van der Waals surface area contributed by atoms with Crippen LogP contribution in [0.4, 0.5) is 0 Å². The van der Waals surface area contributed by atoms with Gasteiger partial charge in [-0.15, -0.1) is 0 Å². The molecule has 6 aliphatic rings. The van der Waals surface area contributed by atoms with Crippen LogP contribution in [0.2, 0.25) is 0 Å². The fourth-order valence-electron chi connectivity index (χ4n) is 6.25. The van der Waals surface area contributed by atoms with E-state index in [-0.39, 0.29) is 0 Å². The summed E-state index contributed by atoms with van der Waals surface area (Å²) in [6, 6.07) is 0. The van der Waals surface area contributed by atoms with Crippen molar-refractivity contribution in [1.82, 2.24) is 9.97 Å². The molecular weight excluding hydrogens is 268 g/mol. The van der Waals surface area contributed by atoms with E-state index in [1.165, 1.54) is 62.8 Å². The SMILES string of the molecule is c1[nH]c(-c2[nH]cc3c2C2CCC3CC2)c2c1C1CCC2CC1. The Balaban J connectivity index is 1.55. The first-order chi connectivity index (χ1) is 10.9. The zero-order valence-electron chi connectivity index (χ0n) is 13.1. The summed E-state index contributed by atoms with van der Waals surface area (Å²) in [6.07, 6.45) is 16.0. The van der Waals surface area contributed by atoms with E-state index < -0.39 is 0 Å². The maximum absolute atomic E-state index is 3.70. The Morgan fingerprint density at radius 1 is 0.545 bits per heavy atom. The van der Waals surface area contributed by atoms with Crippen molar-refractivity contribution in [1.29, 1.82) is 0 Å². The summed E-state index contributed by atoms with van der Waals surface area (Å²) in [7, 11) is 0. The van der Waals surface area contributed by atoms with E-state index in [4.69, 9.17) is 0 Å². The van der Waals surface area contributed by atoms with Crippen molar-refractivity contribution in [3.63, 3.8) is 0 Å². The lowest BCUT2D eigenvalue weighted by molar-refractivity contribution is 0.359. The molecule has 2 aromatic rings. The molecule has 0 aliphatic heterocycles. The quantitative estimate of drug-likeness (QED) is 0.693. The maximum atomic E-state index is 3.70. The highest BCUT2D eigenvalue weighted by molar-refractivity contribution is 5.71. The van der Waals surface area contributed by atoms with Crippen LogP contribution < -0.4 is 0 Å². The Labute approximate surface area is 131 Å². The molecule has 8 rings (SSSR count). The van der Waals surface area contributed by atoms with Crippen LogP contribution in [0.3, 0.4) is 0 Å². The van der Waals surface area contributed by atoms with Crippen molar-refractivity contribution in [2.75, 3.05) is 0 Å². The number of nitrogens with one attached hydrogen (secondary N) is 2. The molecule has 0 unspecified atom stereocenters. The summed E-state index contributed by atoms with van der Waals surface area (Å²) >= 11 is 0. The van der Waals surface area contributed by atoms with Crippen LogP contribution in [0.1, 0.15) is 97.3 Å². The zero-order valence-corrected chi connectivity index (χ0v) is 13.1. The average Bonchev–Trinajstić information content (AvgIpc) is 3.23. The molecule has 0 aromatic carbocycles. The molecule has 114 valence electrons. The van der Waals surface area contributed by atoms with Crippen LogP contribution in [0, 0.1) is 0 Å². The van der Waals surface area contributed by atoms with Gasteiger partial charge in [-0.1, -0.05) is 0 Å². The second kappa shape index (κ2) is 4.10. The summed E-state index contributed by atoms with van der Waals surface area (Å²) in [4.78, 5) is 7.40. The third-order valence-corrected chi connectivity index (χ3v) is 7.31.